The number of carbonyl (C=O) groups excluding carboxylic acids is 4. The minimum atomic E-state index is -2.91. The van der Waals surface area contributed by atoms with Crippen molar-refractivity contribution in [2.45, 2.75) is 121 Å². The number of alkyl carbamates (subject to hydrolysis) is 1. The minimum Gasteiger partial charge on any atom is -0.444 e. The zero-order chi connectivity index (χ0) is 46.3. The predicted octanol–water partition coefficient (Wildman–Crippen LogP) is 6.80. The number of alkyl halides is 3. The molecule has 3 atom stereocenters. The van der Waals surface area contributed by atoms with Crippen LogP contribution in [0.3, 0.4) is 0 Å². The maximum Gasteiger partial charge on any atom is 0.407 e. The highest BCUT2D eigenvalue weighted by Gasteiger charge is 2.45. The largest absolute Gasteiger partial charge is 0.444 e. The zero-order valence-corrected chi connectivity index (χ0v) is 37.9. The van der Waals surface area contributed by atoms with Gasteiger partial charge in [0.2, 0.25) is 11.8 Å². The molecule has 16 nitrogen and oxygen atoms in total. The zero-order valence-electron chi connectivity index (χ0n) is 37.9. The number of anilines is 3. The standard InChI is InChI=1S/C47H60F3N11O5/c1-46(2,3)66-45(65)52-32-22-31(48)24-58(25-32)38-15-19-60-42(54-38)36(23-51-60)44(64)53-37-26-61(56-40(37)41(49)50)34-8-4-29(5-9-34)14-18-57-20-16-47(17-21-57)27-59(28-47)33-10-6-30(7-11-33)35-12-13-39(62)55-43(35)63/h6-7,10-11,15,19,23,26,29,31-32,34-35,41H,4-5,8-9,12-14,16-18,20-22,24-25,27-28H2,1-3H3,(H,52,65)(H,53,64)(H,55,62,63)/t29?,31-,32-,34?,35?/m1/s1. The summed E-state index contributed by atoms with van der Waals surface area (Å²) in [4.78, 5) is 61.3. The smallest absolute Gasteiger partial charge is 0.407 e. The molecule has 354 valence electrons. The van der Waals surface area contributed by atoms with Gasteiger partial charge in [-0.2, -0.15) is 10.2 Å². The van der Waals surface area contributed by atoms with E-state index in [1.807, 2.05) is 12.1 Å². The number of likely N-dealkylation sites (tertiary alicyclic amines) is 1. The van der Waals surface area contributed by atoms with E-state index in [-0.39, 0.29) is 60.2 Å². The maximum absolute atomic E-state index is 14.9. The van der Waals surface area contributed by atoms with E-state index in [2.05, 4.69) is 53.1 Å². The van der Waals surface area contributed by atoms with Crippen LogP contribution in [0.5, 0.6) is 0 Å². The van der Waals surface area contributed by atoms with Crippen LogP contribution >= 0.6 is 0 Å². The van der Waals surface area contributed by atoms with Gasteiger partial charge >= 0.3 is 6.09 Å². The van der Waals surface area contributed by atoms with Crippen LogP contribution < -0.4 is 25.8 Å². The number of nitrogens with zero attached hydrogens (tertiary/aromatic N) is 8. The summed E-state index contributed by atoms with van der Waals surface area (Å²) in [5, 5.41) is 16.4. The Labute approximate surface area is 382 Å². The summed E-state index contributed by atoms with van der Waals surface area (Å²) in [5.41, 5.74) is 1.41. The number of nitrogens with one attached hydrogen (secondary N) is 3. The molecule has 9 rings (SSSR count). The first-order valence-corrected chi connectivity index (χ1v) is 23.4. The molecule has 1 spiro atoms. The highest BCUT2D eigenvalue weighted by Crippen LogP contribution is 2.43. The van der Waals surface area contributed by atoms with Gasteiger partial charge in [0.15, 0.2) is 11.3 Å². The van der Waals surface area contributed by atoms with Crippen LogP contribution in [0.15, 0.2) is 48.9 Å². The Bertz CT molecular complexity index is 2410. The first-order valence-electron chi connectivity index (χ1n) is 23.4. The second-order valence-corrected chi connectivity index (χ2v) is 20.1. The number of ether oxygens (including phenoxy) is 1. The minimum absolute atomic E-state index is 0.0275. The fourth-order valence-electron chi connectivity index (χ4n) is 10.5. The van der Waals surface area contributed by atoms with E-state index in [9.17, 15) is 32.3 Å². The van der Waals surface area contributed by atoms with Gasteiger partial charge < -0.3 is 30.1 Å². The van der Waals surface area contributed by atoms with E-state index in [1.165, 1.54) is 35.4 Å². The van der Waals surface area contributed by atoms with Crippen LogP contribution in [0.1, 0.15) is 125 Å². The molecule has 1 saturated carbocycles. The van der Waals surface area contributed by atoms with Crippen LogP contribution in [0.4, 0.5) is 35.2 Å². The summed E-state index contributed by atoms with van der Waals surface area (Å²) in [7, 11) is 0. The number of hydrogen-bond donors (Lipinski definition) is 3. The topological polar surface area (TPSA) is 171 Å². The van der Waals surface area contributed by atoms with Crippen molar-refractivity contribution in [1.29, 1.82) is 0 Å². The number of imide groups is 1. The third-order valence-electron chi connectivity index (χ3n) is 14.2. The molecule has 0 bridgehead atoms. The molecule has 4 aromatic rings. The van der Waals surface area contributed by atoms with Crippen molar-refractivity contribution in [2.75, 3.05) is 60.9 Å². The first-order chi connectivity index (χ1) is 31.6. The average molecular weight is 916 g/mol. The molecule has 19 heteroatoms. The van der Waals surface area contributed by atoms with Crippen LogP contribution in [0.2, 0.25) is 0 Å². The molecule has 1 aromatic carbocycles. The maximum atomic E-state index is 14.9. The average Bonchev–Trinajstić information content (AvgIpc) is 3.89. The van der Waals surface area contributed by atoms with E-state index < -0.39 is 41.9 Å². The van der Waals surface area contributed by atoms with Crippen LogP contribution in [-0.2, 0) is 14.3 Å². The number of rotatable bonds is 11. The quantitative estimate of drug-likeness (QED) is 0.135. The van der Waals surface area contributed by atoms with Crippen molar-refractivity contribution in [2.24, 2.45) is 11.3 Å². The molecular weight excluding hydrogens is 856 g/mol. The monoisotopic (exact) mass is 915 g/mol. The summed E-state index contributed by atoms with van der Waals surface area (Å²) in [5.74, 6) is -0.442. The highest BCUT2D eigenvalue weighted by molar-refractivity contribution is 6.08. The SMILES string of the molecule is CC(C)(C)OC(=O)N[C@@H]1C[C@@H](F)CN(c2ccn3ncc(C(=O)Nc4cn(C5CCC(CCN6CCC7(CC6)CN(c6ccc(C8CCC(=O)NC8=O)cc6)C7)CC5)nc4C(F)F)c3n2)C1. The summed E-state index contributed by atoms with van der Waals surface area (Å²) in [6, 6.07) is 9.28. The van der Waals surface area contributed by atoms with E-state index in [1.54, 1.807) is 42.6 Å². The highest BCUT2D eigenvalue weighted by atomic mass is 19.3. The number of aromatic nitrogens is 5. The number of benzene rings is 1. The molecule has 1 unspecified atom stereocenters. The Kier molecular flexibility index (Phi) is 12.7. The van der Waals surface area contributed by atoms with Crippen molar-refractivity contribution >= 4 is 46.7 Å². The van der Waals surface area contributed by atoms with Crippen LogP contribution in [0.25, 0.3) is 5.65 Å². The van der Waals surface area contributed by atoms with Gasteiger partial charge in [-0.3, -0.25) is 24.4 Å². The lowest BCUT2D eigenvalue weighted by atomic mass is 9.71. The summed E-state index contributed by atoms with van der Waals surface area (Å²) < 4.78 is 52.0. The van der Waals surface area contributed by atoms with Gasteiger partial charge in [0.05, 0.1) is 36.4 Å². The lowest BCUT2D eigenvalue weighted by molar-refractivity contribution is -0.134. The number of halogens is 3. The number of piperidine rings is 3. The normalized spacial score (nSPS) is 24.9. The summed E-state index contributed by atoms with van der Waals surface area (Å²) in [6.45, 7) is 10.8. The van der Waals surface area contributed by atoms with Gasteiger partial charge in [-0.25, -0.2) is 27.5 Å². The van der Waals surface area contributed by atoms with Crippen molar-refractivity contribution in [1.82, 2.24) is 39.9 Å². The van der Waals surface area contributed by atoms with Crippen molar-refractivity contribution in [3.05, 3.63) is 65.7 Å². The van der Waals surface area contributed by atoms with Gasteiger partial charge in [-0.05, 0) is 121 Å². The molecule has 1 aliphatic carbocycles. The van der Waals surface area contributed by atoms with Gasteiger partial charge in [0, 0.05) is 56.0 Å². The molecule has 7 heterocycles. The van der Waals surface area contributed by atoms with E-state index >= 15 is 0 Å². The van der Waals surface area contributed by atoms with Crippen LogP contribution in [-0.4, -0.2) is 117 Å². The second kappa shape index (κ2) is 18.5. The fourth-order valence-corrected chi connectivity index (χ4v) is 10.5. The Morgan fingerprint density at radius 3 is 2.42 bits per heavy atom. The van der Waals surface area contributed by atoms with Crippen molar-refractivity contribution in [3.63, 3.8) is 0 Å². The summed E-state index contributed by atoms with van der Waals surface area (Å²) in [6.07, 6.45) is 7.62. The first kappa shape index (κ1) is 45.4. The van der Waals surface area contributed by atoms with Crippen molar-refractivity contribution in [3.8, 4) is 0 Å². The third-order valence-corrected chi connectivity index (χ3v) is 14.2. The molecule has 3 N–H and O–H groups in total. The van der Waals surface area contributed by atoms with Crippen LogP contribution in [0, 0.1) is 11.3 Å². The number of carbonyl (C=O) groups is 4. The summed E-state index contributed by atoms with van der Waals surface area (Å²) >= 11 is 0. The third kappa shape index (κ3) is 10.1. The Hall–Kier alpha value is -5.72. The molecular formula is C47H60F3N11O5. The molecule has 66 heavy (non-hydrogen) atoms. The molecule has 5 aliphatic rings. The lowest BCUT2D eigenvalue weighted by Crippen LogP contribution is -2.60. The Morgan fingerprint density at radius 2 is 1.73 bits per heavy atom. The van der Waals surface area contributed by atoms with E-state index in [0.29, 0.717) is 30.0 Å². The molecule has 3 aromatic heterocycles. The molecule has 4 saturated heterocycles. The molecule has 4 aliphatic heterocycles. The molecule has 0 radical (unpaired) electrons. The van der Waals surface area contributed by atoms with E-state index in [4.69, 9.17) is 4.74 Å². The Balaban J connectivity index is 0.739. The van der Waals surface area contributed by atoms with Gasteiger partial charge in [-0.15, -0.1) is 0 Å². The van der Waals surface area contributed by atoms with Gasteiger partial charge in [0.25, 0.3) is 12.3 Å². The Morgan fingerprint density at radius 1 is 0.985 bits per heavy atom. The van der Waals surface area contributed by atoms with Gasteiger partial charge in [-0.1, -0.05) is 12.1 Å². The fraction of sp³-hybridized carbons (Fsp3) is 0.596. The molecule has 5 fully saturated rings. The predicted molar refractivity (Wildman–Crippen MR) is 241 cm³/mol. The molecule has 4 amide bonds. The van der Waals surface area contributed by atoms with Crippen molar-refractivity contribution < 1.29 is 37.1 Å². The van der Waals surface area contributed by atoms with Gasteiger partial charge in [0.1, 0.15) is 23.2 Å². The number of fused-ring (bicyclic) bond motifs is 1. The second-order valence-electron chi connectivity index (χ2n) is 20.1. The lowest BCUT2D eigenvalue weighted by Gasteiger charge is -2.55. The number of amides is 4. The number of hydrogen-bond acceptors (Lipinski definition) is 11. The van der Waals surface area contributed by atoms with E-state index in [0.717, 1.165) is 70.4 Å².